The first-order valence-corrected chi connectivity index (χ1v) is 9.84. The van der Waals surface area contributed by atoms with Crippen molar-refractivity contribution in [3.05, 3.63) is 105 Å². The number of fused-ring (bicyclic) bond motifs is 1. The van der Waals surface area contributed by atoms with E-state index in [1.807, 2.05) is 54.6 Å². The Morgan fingerprint density at radius 2 is 1.37 bits per heavy atom. The molecule has 0 bridgehead atoms. The van der Waals surface area contributed by atoms with E-state index >= 15 is 0 Å². The summed E-state index contributed by atoms with van der Waals surface area (Å²) >= 11 is 0. The van der Waals surface area contributed by atoms with Crippen molar-refractivity contribution in [3.8, 4) is 11.3 Å². The van der Waals surface area contributed by atoms with E-state index in [0.717, 1.165) is 27.1 Å². The summed E-state index contributed by atoms with van der Waals surface area (Å²) in [4.78, 5) is 9.31. The maximum absolute atomic E-state index is 4.76. The molecule has 2 aromatic rings. The van der Waals surface area contributed by atoms with Gasteiger partial charge < -0.3 is 0 Å². The van der Waals surface area contributed by atoms with Crippen molar-refractivity contribution < 1.29 is 0 Å². The molecule has 1 unspecified atom stereocenters. The average molecular weight is 391 g/mol. The molecule has 0 aliphatic heterocycles. The smallest absolute Gasteiger partial charge is 0.0892 e. The molecule has 2 heteroatoms. The van der Waals surface area contributed by atoms with Crippen LogP contribution in [0.25, 0.3) is 49.7 Å². The molecule has 3 rings (SSSR count). The van der Waals surface area contributed by atoms with Crippen LogP contribution < -0.4 is 21.1 Å². The van der Waals surface area contributed by atoms with Gasteiger partial charge in [0.25, 0.3) is 0 Å². The summed E-state index contributed by atoms with van der Waals surface area (Å²) in [5, 5.41) is 3.04. The third kappa shape index (κ3) is 5.86. The van der Waals surface area contributed by atoms with Gasteiger partial charge in [0, 0.05) is 5.56 Å². The Kier molecular flexibility index (Phi) is 6.71. The van der Waals surface area contributed by atoms with E-state index in [1.165, 1.54) is 0 Å². The lowest BCUT2D eigenvalue weighted by Crippen LogP contribution is -2.07. The Bertz CT molecular complexity index is 1330. The molecule has 30 heavy (non-hydrogen) atoms. The van der Waals surface area contributed by atoms with E-state index in [0.29, 0.717) is 22.3 Å². The zero-order valence-electron chi connectivity index (χ0n) is 17.4. The minimum Gasteiger partial charge on any atom is -0.255 e. The molecule has 0 amide bonds. The van der Waals surface area contributed by atoms with Crippen molar-refractivity contribution in [2.24, 2.45) is 5.92 Å². The van der Waals surface area contributed by atoms with Crippen LogP contribution in [-0.4, -0.2) is 9.97 Å². The number of rotatable bonds is 1. The third-order valence-electron chi connectivity index (χ3n) is 4.60. The molecule has 1 atom stereocenters. The first kappa shape index (κ1) is 20.9. The maximum Gasteiger partial charge on any atom is 0.0892 e. The van der Waals surface area contributed by atoms with Gasteiger partial charge >= 0.3 is 0 Å². The van der Waals surface area contributed by atoms with E-state index in [1.54, 1.807) is 6.20 Å². The molecule has 0 fully saturated rings. The van der Waals surface area contributed by atoms with Crippen molar-refractivity contribution >= 4 is 38.5 Å². The molecule has 1 aliphatic carbocycles. The number of nitrogens with zero attached hydrogens (tertiary/aromatic N) is 2. The summed E-state index contributed by atoms with van der Waals surface area (Å²) in [5.41, 5.74) is 3.62. The number of allylic oxidation sites excluding steroid dienone is 2. The largest absolute Gasteiger partial charge is 0.255 e. The van der Waals surface area contributed by atoms with Gasteiger partial charge in [0.05, 0.1) is 22.6 Å². The van der Waals surface area contributed by atoms with Gasteiger partial charge in [-0.3, -0.25) is 4.98 Å². The Morgan fingerprint density at radius 1 is 0.733 bits per heavy atom. The molecule has 1 aliphatic rings. The molecule has 0 N–H and O–H groups in total. The van der Waals surface area contributed by atoms with Gasteiger partial charge in [-0.2, -0.15) is 0 Å². The van der Waals surface area contributed by atoms with Crippen LogP contribution in [0.1, 0.15) is 18.1 Å². The minimum absolute atomic E-state index is 0.355. The summed E-state index contributed by atoms with van der Waals surface area (Å²) in [6.45, 7) is 18.5. The highest BCUT2D eigenvalue weighted by atomic mass is 14.7. The van der Waals surface area contributed by atoms with E-state index in [2.05, 4.69) is 62.5 Å². The third-order valence-corrected chi connectivity index (χ3v) is 4.60. The quantitative estimate of drug-likeness (QED) is 0.742. The normalized spacial score (nSPS) is 14.1. The predicted octanol–water partition coefficient (Wildman–Crippen LogP) is 3.71. The first-order chi connectivity index (χ1) is 14.4. The molecule has 0 saturated heterocycles. The summed E-state index contributed by atoms with van der Waals surface area (Å²) in [6, 6.07) is 17.6. The van der Waals surface area contributed by atoms with Crippen molar-refractivity contribution in [3.63, 3.8) is 0 Å². The second-order valence-corrected chi connectivity index (χ2v) is 7.32. The van der Waals surface area contributed by atoms with Crippen molar-refractivity contribution in [2.45, 2.75) is 6.92 Å². The summed E-state index contributed by atoms with van der Waals surface area (Å²) in [6.07, 6.45) is 10.2. The highest BCUT2D eigenvalue weighted by molar-refractivity contribution is 5.67. The molecular formula is C28H26N2. The summed E-state index contributed by atoms with van der Waals surface area (Å²) in [7, 11) is 0. The van der Waals surface area contributed by atoms with Gasteiger partial charge in [0.15, 0.2) is 0 Å². The Balaban J connectivity index is 2.35. The maximum atomic E-state index is 4.76. The van der Waals surface area contributed by atoms with Gasteiger partial charge in [-0.05, 0) is 45.7 Å². The van der Waals surface area contributed by atoms with Crippen molar-refractivity contribution in [1.29, 1.82) is 0 Å². The van der Waals surface area contributed by atoms with Gasteiger partial charge in [0.2, 0.25) is 0 Å². The molecule has 0 radical (unpaired) electrons. The van der Waals surface area contributed by atoms with Gasteiger partial charge in [-0.25, -0.2) is 4.98 Å². The molecule has 2 nitrogen and oxygen atoms in total. The van der Waals surface area contributed by atoms with Crippen LogP contribution in [0.5, 0.6) is 0 Å². The molecule has 1 aromatic heterocycles. The van der Waals surface area contributed by atoms with Crippen LogP contribution in [-0.2, 0) is 0 Å². The second kappa shape index (κ2) is 9.62. The van der Waals surface area contributed by atoms with Crippen molar-refractivity contribution in [2.75, 3.05) is 0 Å². The second-order valence-electron chi connectivity index (χ2n) is 7.32. The van der Waals surface area contributed by atoms with E-state index in [-0.39, 0.29) is 0 Å². The van der Waals surface area contributed by atoms with Crippen molar-refractivity contribution in [1.82, 2.24) is 9.97 Å². The SMILES string of the molecule is C=c1ccccc(=C)cc(-c2cnc(=C)cc3c(cc(=C)n2)C=CC(C)C=C3)cc1. The summed E-state index contributed by atoms with van der Waals surface area (Å²) < 4.78 is 0. The zero-order chi connectivity index (χ0) is 21.5. The molecule has 1 heterocycles. The highest BCUT2D eigenvalue weighted by Crippen LogP contribution is 2.16. The summed E-state index contributed by atoms with van der Waals surface area (Å²) in [5.74, 6) is 0.355. The van der Waals surface area contributed by atoms with Crippen LogP contribution >= 0.6 is 0 Å². The molecule has 1 aromatic carbocycles. The van der Waals surface area contributed by atoms with Gasteiger partial charge in [0.1, 0.15) is 0 Å². The Labute approximate surface area is 178 Å². The lowest BCUT2D eigenvalue weighted by atomic mass is 10.1. The van der Waals surface area contributed by atoms with E-state index in [4.69, 9.17) is 4.98 Å². The van der Waals surface area contributed by atoms with Crippen LogP contribution in [0, 0.1) is 5.92 Å². The van der Waals surface area contributed by atoms with E-state index in [9.17, 15) is 0 Å². The van der Waals surface area contributed by atoms with E-state index < -0.39 is 0 Å². The molecule has 0 spiro atoms. The van der Waals surface area contributed by atoms with Crippen LogP contribution in [0.4, 0.5) is 0 Å². The Hall–Kier alpha value is -3.78. The zero-order valence-corrected chi connectivity index (χ0v) is 17.4. The first-order valence-electron chi connectivity index (χ1n) is 9.84. The number of hydrogen-bond donors (Lipinski definition) is 0. The molecular weight excluding hydrogens is 364 g/mol. The van der Waals surface area contributed by atoms with Gasteiger partial charge in [-0.1, -0.05) is 93.9 Å². The standard InChI is InChI=1S/C28H26N2/c1-20-8-6-7-9-22(3)16-27(15-12-20)28-19-29-23(4)17-25-13-10-21(2)11-14-26(25)18-24(5)30-28/h6-19,21H,1,3-5H2,2H3. The highest BCUT2D eigenvalue weighted by Gasteiger charge is 2.01. The fourth-order valence-electron chi connectivity index (χ4n) is 2.99. The van der Waals surface area contributed by atoms with Crippen LogP contribution in [0.2, 0.25) is 0 Å². The Morgan fingerprint density at radius 3 is 2.07 bits per heavy atom. The monoisotopic (exact) mass is 390 g/mol. The fraction of sp³-hybridized carbons (Fsp3) is 0.0714. The lowest BCUT2D eigenvalue weighted by Gasteiger charge is -1.99. The molecule has 148 valence electrons. The minimum atomic E-state index is 0.355. The van der Waals surface area contributed by atoms with Crippen LogP contribution in [0.15, 0.2) is 72.9 Å². The van der Waals surface area contributed by atoms with Crippen LogP contribution in [0.3, 0.4) is 0 Å². The van der Waals surface area contributed by atoms with Gasteiger partial charge in [-0.15, -0.1) is 0 Å². The fourth-order valence-corrected chi connectivity index (χ4v) is 2.99. The molecule has 0 saturated carbocycles. The average Bonchev–Trinajstić information content (AvgIpc) is 2.87. The predicted molar refractivity (Wildman–Crippen MR) is 131 cm³/mol. The number of aromatic nitrogens is 2. The number of hydrogen-bond acceptors (Lipinski definition) is 2. The lowest BCUT2D eigenvalue weighted by molar-refractivity contribution is 0.954. The topological polar surface area (TPSA) is 25.8 Å².